The Balaban J connectivity index is 3.42. The number of aromatic amines is 1. The number of H-pyrrole nitrogens is 1. The van der Waals surface area contributed by atoms with Crippen LogP contribution in [0.25, 0.3) is 0 Å². The van der Waals surface area contributed by atoms with Crippen LogP contribution < -0.4 is 5.56 Å². The van der Waals surface area contributed by atoms with Gasteiger partial charge in [-0.05, 0) is 25.7 Å². The Morgan fingerprint density at radius 2 is 1.89 bits per heavy atom. The highest BCUT2D eigenvalue weighted by atomic mass is 16.5. The van der Waals surface area contributed by atoms with Gasteiger partial charge < -0.3 is 9.72 Å². The summed E-state index contributed by atoms with van der Waals surface area (Å²) in [6.07, 6.45) is 1.56. The maximum Gasteiger partial charge on any atom is 0.254 e. The summed E-state index contributed by atoms with van der Waals surface area (Å²) < 4.78 is 5.60. The van der Waals surface area contributed by atoms with Crippen LogP contribution in [0.1, 0.15) is 63.5 Å². The first kappa shape index (κ1) is 14.9. The Hall–Kier alpha value is -1.16. The zero-order valence-electron chi connectivity index (χ0n) is 12.3. The highest BCUT2D eigenvalue weighted by molar-refractivity contribution is 5.21. The largest absolute Gasteiger partial charge is 0.370 e. The molecule has 0 unspecified atom stereocenters. The monoisotopic (exact) mass is 252 g/mol. The van der Waals surface area contributed by atoms with Crippen molar-refractivity contribution < 1.29 is 4.74 Å². The summed E-state index contributed by atoms with van der Waals surface area (Å²) >= 11 is 0. The summed E-state index contributed by atoms with van der Waals surface area (Å²) in [5.41, 5.74) is 1.03. The molecule has 0 bridgehead atoms. The molecule has 0 atom stereocenters. The molecule has 1 aromatic rings. The summed E-state index contributed by atoms with van der Waals surface area (Å²) in [6, 6.07) is 0. The third-order valence-corrected chi connectivity index (χ3v) is 3.69. The van der Waals surface area contributed by atoms with E-state index >= 15 is 0 Å². The summed E-state index contributed by atoms with van der Waals surface area (Å²) in [5, 5.41) is 0. The Bertz CT molecular complexity index is 451. The first-order valence-corrected chi connectivity index (χ1v) is 6.58. The summed E-state index contributed by atoms with van der Waals surface area (Å²) in [7, 11) is 1.67. The van der Waals surface area contributed by atoms with E-state index in [1.54, 1.807) is 7.11 Å². The minimum absolute atomic E-state index is 0.0455. The van der Waals surface area contributed by atoms with E-state index in [1.807, 2.05) is 34.6 Å². The number of nitrogens with one attached hydrogen (secondary N) is 1. The number of rotatable bonds is 5. The second kappa shape index (κ2) is 5.65. The fraction of sp³-hybridized carbons (Fsp3) is 0.714. The summed E-state index contributed by atoms with van der Waals surface area (Å²) in [6.45, 7) is 9.97. The van der Waals surface area contributed by atoms with Crippen molar-refractivity contribution in [2.45, 2.75) is 59.0 Å². The number of ether oxygens (including phenoxy) is 1. The van der Waals surface area contributed by atoms with E-state index in [1.165, 1.54) is 0 Å². The van der Waals surface area contributed by atoms with Gasteiger partial charge in [-0.15, -0.1) is 0 Å². The van der Waals surface area contributed by atoms with Crippen molar-refractivity contribution in [3.8, 4) is 0 Å². The SMILES string of the molecule is CCC(CC)(OC)c1nc(C)c(C(C)C)c(=O)[nH]1. The van der Waals surface area contributed by atoms with Gasteiger partial charge in [-0.25, -0.2) is 4.98 Å². The molecule has 0 amide bonds. The van der Waals surface area contributed by atoms with Crippen molar-refractivity contribution in [3.63, 3.8) is 0 Å². The molecule has 1 heterocycles. The van der Waals surface area contributed by atoms with Gasteiger partial charge in [-0.2, -0.15) is 0 Å². The van der Waals surface area contributed by atoms with E-state index in [2.05, 4.69) is 9.97 Å². The van der Waals surface area contributed by atoms with Crippen LogP contribution in [0.5, 0.6) is 0 Å². The normalized spacial score (nSPS) is 12.2. The zero-order valence-corrected chi connectivity index (χ0v) is 12.3. The molecule has 1 aromatic heterocycles. The van der Waals surface area contributed by atoms with Gasteiger partial charge in [0.15, 0.2) is 0 Å². The lowest BCUT2D eigenvalue weighted by Gasteiger charge is -2.29. The fourth-order valence-electron chi connectivity index (χ4n) is 2.46. The predicted octanol–water partition coefficient (Wildman–Crippen LogP) is 2.86. The van der Waals surface area contributed by atoms with Crippen LogP contribution in [0.4, 0.5) is 0 Å². The molecule has 0 radical (unpaired) electrons. The molecule has 0 saturated heterocycles. The molecule has 102 valence electrons. The third-order valence-electron chi connectivity index (χ3n) is 3.69. The van der Waals surface area contributed by atoms with Crippen molar-refractivity contribution in [1.29, 1.82) is 0 Å². The van der Waals surface area contributed by atoms with Crippen molar-refractivity contribution in [2.75, 3.05) is 7.11 Å². The molecule has 18 heavy (non-hydrogen) atoms. The van der Waals surface area contributed by atoms with Gasteiger partial charge in [0.05, 0.1) is 0 Å². The lowest BCUT2D eigenvalue weighted by Crippen LogP contribution is -2.33. The summed E-state index contributed by atoms with van der Waals surface area (Å²) in [5.74, 6) is 0.817. The van der Waals surface area contributed by atoms with Crippen LogP contribution in [0.15, 0.2) is 4.79 Å². The number of methoxy groups -OCH3 is 1. The van der Waals surface area contributed by atoms with E-state index in [9.17, 15) is 4.79 Å². The molecule has 0 aromatic carbocycles. The fourth-order valence-corrected chi connectivity index (χ4v) is 2.46. The number of hydrogen-bond acceptors (Lipinski definition) is 3. The Kier molecular flexibility index (Phi) is 4.68. The molecule has 0 fully saturated rings. The maximum absolute atomic E-state index is 12.1. The topological polar surface area (TPSA) is 55.0 Å². The first-order valence-electron chi connectivity index (χ1n) is 6.58. The van der Waals surface area contributed by atoms with Gasteiger partial charge in [-0.1, -0.05) is 27.7 Å². The number of aromatic nitrogens is 2. The quantitative estimate of drug-likeness (QED) is 0.876. The zero-order chi connectivity index (χ0) is 13.9. The average Bonchev–Trinajstić information content (AvgIpc) is 2.30. The molecule has 1 rings (SSSR count). The molecule has 0 spiro atoms. The molecule has 0 aliphatic heterocycles. The Morgan fingerprint density at radius 1 is 1.33 bits per heavy atom. The third kappa shape index (κ3) is 2.48. The Morgan fingerprint density at radius 3 is 2.22 bits per heavy atom. The number of hydrogen-bond donors (Lipinski definition) is 1. The standard InChI is InChI=1S/C14H24N2O2/c1-7-14(8-2,18-6)13-15-10(5)11(9(3)4)12(17)16-13/h9H,7-8H2,1-6H3,(H,15,16,17). The van der Waals surface area contributed by atoms with Crippen LogP contribution in [-0.4, -0.2) is 17.1 Å². The average molecular weight is 252 g/mol. The molecule has 4 heteroatoms. The molecule has 1 N–H and O–H groups in total. The van der Waals surface area contributed by atoms with Gasteiger partial charge in [-0.3, -0.25) is 4.79 Å². The number of aryl methyl sites for hydroxylation is 1. The van der Waals surface area contributed by atoms with Gasteiger partial charge >= 0.3 is 0 Å². The van der Waals surface area contributed by atoms with Crippen molar-refractivity contribution in [1.82, 2.24) is 9.97 Å². The molecular formula is C14H24N2O2. The van der Waals surface area contributed by atoms with Crippen LogP contribution >= 0.6 is 0 Å². The molecule has 4 nitrogen and oxygen atoms in total. The summed E-state index contributed by atoms with van der Waals surface area (Å²) in [4.78, 5) is 19.6. The van der Waals surface area contributed by atoms with E-state index in [0.717, 1.165) is 24.1 Å². The van der Waals surface area contributed by atoms with Crippen molar-refractivity contribution in [2.24, 2.45) is 0 Å². The maximum atomic E-state index is 12.1. The van der Waals surface area contributed by atoms with E-state index < -0.39 is 5.60 Å². The lowest BCUT2D eigenvalue weighted by atomic mass is 9.95. The lowest BCUT2D eigenvalue weighted by molar-refractivity contribution is -0.0295. The van der Waals surface area contributed by atoms with Gasteiger partial charge in [0, 0.05) is 18.4 Å². The van der Waals surface area contributed by atoms with E-state index in [-0.39, 0.29) is 11.5 Å². The molecule has 0 saturated carbocycles. The second-order valence-electron chi connectivity index (χ2n) is 4.97. The van der Waals surface area contributed by atoms with Crippen molar-refractivity contribution in [3.05, 3.63) is 27.4 Å². The van der Waals surface area contributed by atoms with Crippen molar-refractivity contribution >= 4 is 0 Å². The second-order valence-corrected chi connectivity index (χ2v) is 4.97. The molecular weight excluding hydrogens is 228 g/mol. The van der Waals surface area contributed by atoms with Crippen LogP contribution in [-0.2, 0) is 10.3 Å². The van der Waals surface area contributed by atoms with E-state index in [4.69, 9.17) is 4.74 Å². The molecule has 0 aliphatic carbocycles. The first-order chi connectivity index (χ1) is 8.41. The van der Waals surface area contributed by atoms with Gasteiger partial charge in [0.25, 0.3) is 5.56 Å². The highest BCUT2D eigenvalue weighted by Gasteiger charge is 2.31. The van der Waals surface area contributed by atoms with Crippen LogP contribution in [0.3, 0.4) is 0 Å². The van der Waals surface area contributed by atoms with Crippen LogP contribution in [0, 0.1) is 6.92 Å². The van der Waals surface area contributed by atoms with Gasteiger partial charge in [0.1, 0.15) is 11.4 Å². The molecule has 0 aliphatic rings. The highest BCUT2D eigenvalue weighted by Crippen LogP contribution is 2.29. The van der Waals surface area contributed by atoms with E-state index in [0.29, 0.717) is 5.82 Å². The number of nitrogens with zero attached hydrogens (tertiary/aromatic N) is 1. The predicted molar refractivity (Wildman–Crippen MR) is 73.0 cm³/mol. The smallest absolute Gasteiger partial charge is 0.254 e. The van der Waals surface area contributed by atoms with Crippen LogP contribution in [0.2, 0.25) is 0 Å². The Labute approximate surface area is 109 Å². The van der Waals surface area contributed by atoms with Gasteiger partial charge in [0.2, 0.25) is 0 Å². The minimum atomic E-state index is -0.487. The minimum Gasteiger partial charge on any atom is -0.370 e.